The van der Waals surface area contributed by atoms with Gasteiger partial charge in [-0.15, -0.1) is 0 Å². The molecule has 1 N–H and O–H groups in total. The van der Waals surface area contributed by atoms with Gasteiger partial charge in [-0.3, -0.25) is 4.79 Å². The number of rotatable bonds is 11. The van der Waals surface area contributed by atoms with E-state index in [1.807, 2.05) is 0 Å². The number of hydrogen-bond donors (Lipinski definition) is 1. The van der Waals surface area contributed by atoms with Gasteiger partial charge in [-0.25, -0.2) is 8.42 Å². The van der Waals surface area contributed by atoms with Gasteiger partial charge in [-0.1, -0.05) is 30.7 Å². The monoisotopic (exact) mass is 440 g/mol. The lowest BCUT2D eigenvalue weighted by atomic mass is 10.2. The topological polar surface area (TPSA) is 84.9 Å². The van der Waals surface area contributed by atoms with E-state index in [2.05, 4.69) is 5.32 Å². The predicted octanol–water partition coefficient (Wildman–Crippen LogP) is 2.69. The predicted molar refractivity (Wildman–Crippen MR) is 112 cm³/mol. The summed E-state index contributed by atoms with van der Waals surface area (Å²) in [6, 6.07) is 13.1. The number of carbonyl (C=O) groups excluding carboxylic acids is 1. The maximum absolute atomic E-state index is 12.9. The van der Waals surface area contributed by atoms with Crippen molar-refractivity contribution in [3.05, 3.63) is 59.1 Å². The Kier molecular flexibility index (Phi) is 8.91. The first-order valence-electron chi connectivity index (χ1n) is 9.10. The minimum Gasteiger partial charge on any atom is -0.491 e. The van der Waals surface area contributed by atoms with E-state index < -0.39 is 10.0 Å². The van der Waals surface area contributed by atoms with Gasteiger partial charge in [0.05, 0.1) is 18.0 Å². The summed E-state index contributed by atoms with van der Waals surface area (Å²) in [4.78, 5) is 12.4. The average molecular weight is 441 g/mol. The molecule has 9 heteroatoms. The lowest BCUT2D eigenvalue weighted by Gasteiger charge is -2.20. The molecule has 0 aliphatic carbocycles. The summed E-state index contributed by atoms with van der Waals surface area (Å²) in [6.07, 6.45) is 0. The number of carbonyl (C=O) groups is 1. The van der Waals surface area contributed by atoms with Gasteiger partial charge >= 0.3 is 0 Å². The molecule has 7 nitrogen and oxygen atoms in total. The number of nitrogens with one attached hydrogen (secondary N) is 1. The molecule has 0 bridgehead atoms. The summed E-state index contributed by atoms with van der Waals surface area (Å²) in [7, 11) is -2.23. The third-order valence-corrected chi connectivity index (χ3v) is 6.28. The van der Waals surface area contributed by atoms with Crippen LogP contribution in [0.5, 0.6) is 5.75 Å². The van der Waals surface area contributed by atoms with Crippen molar-refractivity contribution in [1.82, 2.24) is 9.62 Å². The van der Waals surface area contributed by atoms with Crippen LogP contribution in [0, 0.1) is 0 Å². The maximum atomic E-state index is 12.9. The number of nitrogens with zero attached hydrogens (tertiary/aromatic N) is 1. The van der Waals surface area contributed by atoms with E-state index in [4.69, 9.17) is 21.1 Å². The van der Waals surface area contributed by atoms with Crippen molar-refractivity contribution in [1.29, 1.82) is 0 Å². The molecule has 2 aromatic carbocycles. The molecule has 1 amide bonds. The molecule has 2 aromatic rings. The third-order valence-electron chi connectivity index (χ3n) is 4.09. The highest BCUT2D eigenvalue weighted by molar-refractivity contribution is 7.89. The molecule has 0 fully saturated rings. The molecule has 158 valence electrons. The minimum atomic E-state index is -3.80. The Morgan fingerprint density at radius 1 is 1.07 bits per heavy atom. The maximum Gasteiger partial charge on any atom is 0.243 e. The van der Waals surface area contributed by atoms with Crippen LogP contribution in [0.3, 0.4) is 0 Å². The van der Waals surface area contributed by atoms with Gasteiger partial charge < -0.3 is 14.8 Å². The summed E-state index contributed by atoms with van der Waals surface area (Å²) in [5.41, 5.74) is 0.873. The standard InChI is InChI=1S/C20H25ClN2O5S/c1-3-23(15-20(24)22-14-16-4-6-17(21)7-5-16)29(25,26)19-10-8-18(9-11-19)28-13-12-27-2/h4-11H,3,12-15H2,1-2H3,(H,22,24). The average Bonchev–Trinajstić information content (AvgIpc) is 2.72. The highest BCUT2D eigenvalue weighted by Gasteiger charge is 2.25. The van der Waals surface area contributed by atoms with Gasteiger partial charge in [0.25, 0.3) is 0 Å². The number of sulfonamides is 1. The molecular weight excluding hydrogens is 416 g/mol. The zero-order valence-electron chi connectivity index (χ0n) is 16.4. The normalized spacial score (nSPS) is 11.4. The highest BCUT2D eigenvalue weighted by Crippen LogP contribution is 2.19. The number of halogens is 1. The molecule has 0 spiro atoms. The van der Waals surface area contributed by atoms with E-state index in [1.54, 1.807) is 50.4 Å². The van der Waals surface area contributed by atoms with Gasteiger partial charge in [0.2, 0.25) is 15.9 Å². The molecule has 2 rings (SSSR count). The summed E-state index contributed by atoms with van der Waals surface area (Å²) < 4.78 is 37.2. The van der Waals surface area contributed by atoms with Crippen molar-refractivity contribution in [2.45, 2.75) is 18.4 Å². The first-order valence-corrected chi connectivity index (χ1v) is 10.9. The fourth-order valence-electron chi connectivity index (χ4n) is 2.49. The third kappa shape index (κ3) is 7.01. The van der Waals surface area contributed by atoms with Crippen LogP contribution in [-0.2, 0) is 26.1 Å². The van der Waals surface area contributed by atoms with Crippen molar-refractivity contribution in [3.8, 4) is 5.75 Å². The first kappa shape index (κ1) is 23.2. The largest absolute Gasteiger partial charge is 0.491 e. The molecule has 0 aromatic heterocycles. The number of benzene rings is 2. The van der Waals surface area contributed by atoms with Crippen molar-refractivity contribution in [2.75, 3.05) is 33.4 Å². The van der Waals surface area contributed by atoms with E-state index in [1.165, 1.54) is 12.1 Å². The Balaban J connectivity index is 1.97. The second kappa shape index (κ2) is 11.2. The Hall–Kier alpha value is -2.13. The number of hydrogen-bond acceptors (Lipinski definition) is 5. The van der Waals surface area contributed by atoms with Crippen molar-refractivity contribution < 1.29 is 22.7 Å². The molecule has 0 aliphatic heterocycles. The molecular formula is C20H25ClN2O5S. The zero-order chi connectivity index (χ0) is 21.3. The fraction of sp³-hybridized carbons (Fsp3) is 0.350. The quantitative estimate of drug-likeness (QED) is 0.543. The molecule has 0 saturated carbocycles. The van der Waals surface area contributed by atoms with E-state index >= 15 is 0 Å². The molecule has 0 aliphatic rings. The van der Waals surface area contributed by atoms with Crippen molar-refractivity contribution in [2.24, 2.45) is 0 Å². The zero-order valence-corrected chi connectivity index (χ0v) is 18.0. The lowest BCUT2D eigenvalue weighted by molar-refractivity contribution is -0.121. The van der Waals surface area contributed by atoms with Crippen molar-refractivity contribution in [3.63, 3.8) is 0 Å². The molecule has 0 radical (unpaired) electrons. The highest BCUT2D eigenvalue weighted by atomic mass is 35.5. The summed E-state index contributed by atoms with van der Waals surface area (Å²) in [5, 5.41) is 3.33. The van der Waals surface area contributed by atoms with Gasteiger partial charge in [0.1, 0.15) is 12.4 Å². The summed E-state index contributed by atoms with van der Waals surface area (Å²) in [6.45, 7) is 2.70. The Bertz CT molecular complexity index is 886. The van der Waals surface area contributed by atoms with Gasteiger partial charge in [0.15, 0.2) is 0 Å². The van der Waals surface area contributed by atoms with Gasteiger partial charge in [0, 0.05) is 25.2 Å². The number of ether oxygens (including phenoxy) is 2. The van der Waals surface area contributed by atoms with E-state index in [0.29, 0.717) is 30.5 Å². The number of likely N-dealkylation sites (N-methyl/N-ethyl adjacent to an activating group) is 1. The number of amides is 1. The van der Waals surface area contributed by atoms with Crippen molar-refractivity contribution >= 4 is 27.5 Å². The Labute approximate surface area is 176 Å². The van der Waals surface area contributed by atoms with Crippen LogP contribution in [0.2, 0.25) is 5.02 Å². The minimum absolute atomic E-state index is 0.101. The molecule has 0 heterocycles. The Morgan fingerprint density at radius 2 is 1.72 bits per heavy atom. The van der Waals surface area contributed by atoms with E-state index in [0.717, 1.165) is 9.87 Å². The van der Waals surface area contributed by atoms with Gasteiger partial charge in [-0.2, -0.15) is 4.31 Å². The van der Waals surface area contributed by atoms with Crippen LogP contribution in [0.15, 0.2) is 53.4 Å². The fourth-order valence-corrected chi connectivity index (χ4v) is 4.02. The number of methoxy groups -OCH3 is 1. The smallest absolute Gasteiger partial charge is 0.243 e. The molecule has 0 saturated heterocycles. The van der Waals surface area contributed by atoms with Crippen LogP contribution in [0.25, 0.3) is 0 Å². The van der Waals surface area contributed by atoms with Crippen LogP contribution in [0.4, 0.5) is 0 Å². The van der Waals surface area contributed by atoms with E-state index in [9.17, 15) is 13.2 Å². The van der Waals surface area contributed by atoms with Crippen LogP contribution in [-0.4, -0.2) is 52.0 Å². The van der Waals surface area contributed by atoms with Gasteiger partial charge in [-0.05, 0) is 42.0 Å². The van der Waals surface area contributed by atoms with Crippen LogP contribution >= 0.6 is 11.6 Å². The SMILES string of the molecule is CCN(CC(=O)NCc1ccc(Cl)cc1)S(=O)(=O)c1ccc(OCCOC)cc1. The summed E-state index contributed by atoms with van der Waals surface area (Å²) in [5.74, 6) is 0.162. The van der Waals surface area contributed by atoms with Crippen LogP contribution in [0.1, 0.15) is 12.5 Å². The lowest BCUT2D eigenvalue weighted by Crippen LogP contribution is -2.40. The molecule has 0 unspecified atom stereocenters. The van der Waals surface area contributed by atoms with Crippen LogP contribution < -0.4 is 10.1 Å². The van der Waals surface area contributed by atoms with E-state index in [-0.39, 0.29) is 23.9 Å². The second-order valence-electron chi connectivity index (χ2n) is 6.15. The Morgan fingerprint density at radius 3 is 2.31 bits per heavy atom. The second-order valence-corrected chi connectivity index (χ2v) is 8.52. The molecule has 29 heavy (non-hydrogen) atoms. The first-order chi connectivity index (χ1) is 13.9. The molecule has 0 atom stereocenters. The summed E-state index contributed by atoms with van der Waals surface area (Å²) >= 11 is 5.84.